The fourth-order valence-corrected chi connectivity index (χ4v) is 7.06. The van der Waals surface area contributed by atoms with Crippen molar-refractivity contribution in [1.82, 2.24) is 10.2 Å². The number of imide groups is 1. The SMILES string of the molecule is CN(C)c1cc(NC(=O)NC(=O)c2ccccc2)c(O)c2c1C[C@@H]1C[C@@H]3[C@@H](N(C)C)C(=O)C(C(N)=O)C(=O)[C@]3(O)C(=O)C1C2=O. The first-order valence-electron chi connectivity index (χ1n) is 14.2. The summed E-state index contributed by atoms with van der Waals surface area (Å²) >= 11 is 0. The van der Waals surface area contributed by atoms with Crippen LogP contribution < -0.4 is 21.3 Å². The van der Waals surface area contributed by atoms with Gasteiger partial charge in [0, 0.05) is 31.3 Å². The molecule has 6 atom stereocenters. The molecule has 2 saturated carbocycles. The van der Waals surface area contributed by atoms with Gasteiger partial charge in [0.05, 0.1) is 23.2 Å². The number of anilines is 2. The van der Waals surface area contributed by atoms with Crippen molar-refractivity contribution < 1.29 is 43.8 Å². The molecule has 2 fully saturated rings. The van der Waals surface area contributed by atoms with Gasteiger partial charge in [-0.25, -0.2) is 4.79 Å². The van der Waals surface area contributed by atoms with E-state index in [2.05, 4.69) is 10.6 Å². The van der Waals surface area contributed by atoms with E-state index in [1.165, 1.54) is 37.2 Å². The lowest BCUT2D eigenvalue weighted by Gasteiger charge is -2.52. The predicted octanol–water partition coefficient (Wildman–Crippen LogP) is -0.105. The Morgan fingerprint density at radius 2 is 1.64 bits per heavy atom. The van der Waals surface area contributed by atoms with Crippen LogP contribution in [0.5, 0.6) is 5.75 Å². The van der Waals surface area contributed by atoms with E-state index in [1.54, 1.807) is 37.2 Å². The van der Waals surface area contributed by atoms with E-state index in [1.807, 2.05) is 0 Å². The molecule has 0 heterocycles. The average Bonchev–Trinajstić information content (AvgIpc) is 2.96. The molecule has 4 amide bonds. The van der Waals surface area contributed by atoms with Crippen LogP contribution in [0.25, 0.3) is 0 Å². The second kappa shape index (κ2) is 11.2. The number of aliphatic hydroxyl groups is 1. The first-order chi connectivity index (χ1) is 21.1. The summed E-state index contributed by atoms with van der Waals surface area (Å²) in [4.78, 5) is 95.3. The minimum Gasteiger partial charge on any atom is -0.505 e. The largest absolute Gasteiger partial charge is 0.505 e. The maximum atomic E-state index is 14.1. The molecule has 6 N–H and O–H groups in total. The zero-order valence-corrected chi connectivity index (χ0v) is 25.0. The van der Waals surface area contributed by atoms with E-state index in [0.29, 0.717) is 11.3 Å². The number of hydrogen-bond acceptors (Lipinski definition) is 11. The Kier molecular flexibility index (Phi) is 7.83. The third-order valence-electron chi connectivity index (χ3n) is 9.03. The van der Waals surface area contributed by atoms with Gasteiger partial charge in [0.1, 0.15) is 5.75 Å². The van der Waals surface area contributed by atoms with E-state index < -0.39 is 82.0 Å². The molecule has 3 aliphatic rings. The van der Waals surface area contributed by atoms with E-state index in [0.717, 1.165) is 0 Å². The Labute approximate surface area is 257 Å². The van der Waals surface area contributed by atoms with Crippen LogP contribution in [0.15, 0.2) is 36.4 Å². The van der Waals surface area contributed by atoms with Crippen LogP contribution >= 0.6 is 0 Å². The van der Waals surface area contributed by atoms with Gasteiger partial charge >= 0.3 is 6.03 Å². The quantitative estimate of drug-likeness (QED) is 0.220. The number of nitrogens with two attached hydrogens (primary N) is 1. The number of aromatic hydroxyl groups is 1. The van der Waals surface area contributed by atoms with Gasteiger partial charge in [-0.15, -0.1) is 0 Å². The van der Waals surface area contributed by atoms with Gasteiger partial charge in [0.15, 0.2) is 34.7 Å². The highest BCUT2D eigenvalue weighted by Gasteiger charge is 2.69. The molecule has 14 nitrogen and oxygen atoms in total. The smallest absolute Gasteiger partial charge is 0.326 e. The maximum Gasteiger partial charge on any atom is 0.326 e. The number of rotatable bonds is 5. The molecule has 0 saturated heterocycles. The lowest BCUT2D eigenvalue weighted by molar-refractivity contribution is -0.181. The first kappa shape index (κ1) is 31.5. The third-order valence-corrected chi connectivity index (χ3v) is 9.03. The summed E-state index contributed by atoms with van der Waals surface area (Å²) in [5, 5.41) is 27.5. The monoisotopic (exact) mass is 619 g/mol. The number of nitrogens with zero attached hydrogens (tertiary/aromatic N) is 2. The molecule has 2 unspecified atom stereocenters. The van der Waals surface area contributed by atoms with Gasteiger partial charge < -0.3 is 26.2 Å². The maximum absolute atomic E-state index is 14.1. The lowest BCUT2D eigenvalue weighted by Crippen LogP contribution is -2.74. The first-order valence-corrected chi connectivity index (χ1v) is 14.2. The Hall–Kier alpha value is -4.95. The van der Waals surface area contributed by atoms with Gasteiger partial charge in [-0.3, -0.25) is 39.0 Å². The zero-order chi connectivity index (χ0) is 33.1. The van der Waals surface area contributed by atoms with Crippen LogP contribution in [0, 0.1) is 23.7 Å². The summed E-state index contributed by atoms with van der Waals surface area (Å²) in [5.74, 6) is -12.7. The van der Waals surface area contributed by atoms with Crippen molar-refractivity contribution in [2.24, 2.45) is 29.4 Å². The standard InChI is InChI=1S/C31H33N5O9/c1-35(2)18-12-17(33-30(44)34-29(43)13-8-6-5-7-9-13)23(37)20-15(18)10-14-11-16-22(36(3)4)25(39)21(28(32)42)27(41)31(16,45)26(40)19(14)24(20)38/h5-9,12,14,16,19,21-22,37,45H,10-11H2,1-4H3,(H2,32,42)(H2,33,34,43,44)/t14-,16-,19?,21?,22-,31-/m1/s1. The van der Waals surface area contributed by atoms with E-state index in [4.69, 9.17) is 5.73 Å². The van der Waals surface area contributed by atoms with Crippen molar-refractivity contribution in [2.45, 2.75) is 24.5 Å². The molecule has 14 heteroatoms. The lowest BCUT2D eigenvalue weighted by atomic mass is 9.52. The molecule has 0 spiro atoms. The van der Waals surface area contributed by atoms with Crippen LogP contribution in [0.3, 0.4) is 0 Å². The minimum absolute atomic E-state index is 0.0475. The summed E-state index contributed by atoms with van der Waals surface area (Å²) in [6, 6.07) is 7.13. The molecule has 0 bridgehead atoms. The number of hydrogen-bond donors (Lipinski definition) is 5. The molecule has 236 valence electrons. The number of fused-ring (bicyclic) bond motifs is 3. The molecule has 0 aliphatic heterocycles. The fourth-order valence-electron chi connectivity index (χ4n) is 7.06. The third kappa shape index (κ3) is 4.86. The number of primary amides is 1. The molecule has 0 aromatic heterocycles. The number of urea groups is 1. The molecular formula is C31H33N5O9. The van der Waals surface area contributed by atoms with Gasteiger partial charge in [0.25, 0.3) is 5.91 Å². The average molecular weight is 620 g/mol. The molecule has 2 aromatic carbocycles. The van der Waals surface area contributed by atoms with E-state index in [9.17, 15) is 43.8 Å². The van der Waals surface area contributed by atoms with Crippen LogP contribution in [0.2, 0.25) is 0 Å². The molecule has 45 heavy (non-hydrogen) atoms. The van der Waals surface area contributed by atoms with E-state index >= 15 is 0 Å². The number of phenolic OH excluding ortho intramolecular Hbond substituents is 1. The molecule has 2 aromatic rings. The summed E-state index contributed by atoms with van der Waals surface area (Å²) < 4.78 is 0. The Balaban J connectivity index is 1.55. The van der Waals surface area contributed by atoms with Crippen LogP contribution in [0.4, 0.5) is 16.2 Å². The van der Waals surface area contributed by atoms with Crippen molar-refractivity contribution in [3.63, 3.8) is 0 Å². The number of likely N-dealkylation sites (N-methyl/N-ethyl adjacent to an activating group) is 1. The van der Waals surface area contributed by atoms with Crippen molar-refractivity contribution in [1.29, 1.82) is 0 Å². The van der Waals surface area contributed by atoms with Crippen molar-refractivity contribution >= 4 is 52.4 Å². The molecular weight excluding hydrogens is 586 g/mol. The van der Waals surface area contributed by atoms with Crippen LogP contribution in [-0.2, 0) is 25.6 Å². The van der Waals surface area contributed by atoms with Gasteiger partial charge in [-0.1, -0.05) is 18.2 Å². The van der Waals surface area contributed by atoms with Crippen LogP contribution in [-0.4, -0.2) is 95.9 Å². The second-order valence-electron chi connectivity index (χ2n) is 12.1. The molecule has 0 radical (unpaired) electrons. The van der Waals surface area contributed by atoms with E-state index in [-0.39, 0.29) is 29.7 Å². The highest BCUT2D eigenvalue weighted by molar-refractivity contribution is 6.32. The highest BCUT2D eigenvalue weighted by atomic mass is 16.3. The Morgan fingerprint density at radius 3 is 2.22 bits per heavy atom. The molecule has 5 rings (SSSR count). The number of phenols is 1. The number of benzene rings is 2. The number of amides is 4. The Bertz CT molecular complexity index is 1670. The normalized spacial score (nSPS) is 27.3. The number of nitrogens with one attached hydrogen (secondary N) is 2. The topological polar surface area (TPSA) is 217 Å². The van der Waals surface area contributed by atoms with Crippen molar-refractivity contribution in [3.05, 3.63) is 53.1 Å². The van der Waals surface area contributed by atoms with Gasteiger partial charge in [-0.05, 0) is 56.6 Å². The number of carbonyl (C=O) groups is 7. The summed E-state index contributed by atoms with van der Waals surface area (Å²) in [6.07, 6.45) is -0.0482. The van der Waals surface area contributed by atoms with Gasteiger partial charge in [-0.2, -0.15) is 0 Å². The van der Waals surface area contributed by atoms with Crippen molar-refractivity contribution in [2.75, 3.05) is 38.4 Å². The Morgan fingerprint density at radius 1 is 1.00 bits per heavy atom. The second-order valence-corrected chi connectivity index (χ2v) is 12.1. The number of ketones is 4. The minimum atomic E-state index is -2.86. The van der Waals surface area contributed by atoms with Gasteiger partial charge in [0.2, 0.25) is 5.91 Å². The zero-order valence-electron chi connectivity index (χ0n) is 25.0. The number of Topliss-reactive ketones (excluding diaryl/α,β-unsaturated/α-hetero) is 4. The van der Waals surface area contributed by atoms with Crippen molar-refractivity contribution in [3.8, 4) is 5.75 Å². The molecule has 3 aliphatic carbocycles. The highest BCUT2D eigenvalue weighted by Crippen LogP contribution is 2.52. The summed E-state index contributed by atoms with van der Waals surface area (Å²) in [5.41, 5.74) is 2.96. The fraction of sp³-hybridized carbons (Fsp3) is 0.387. The summed E-state index contributed by atoms with van der Waals surface area (Å²) in [6.45, 7) is 0. The predicted molar refractivity (Wildman–Crippen MR) is 159 cm³/mol. The number of carbonyl (C=O) groups excluding carboxylic acids is 7. The van der Waals surface area contributed by atoms with Crippen LogP contribution in [0.1, 0.15) is 32.7 Å². The summed E-state index contributed by atoms with van der Waals surface area (Å²) in [7, 11) is 6.35.